The predicted octanol–water partition coefficient (Wildman–Crippen LogP) is 2.88. The molecule has 2 aliphatic heterocycles. The fourth-order valence-corrected chi connectivity index (χ4v) is 3.68. The number of nitrogens with one attached hydrogen (secondary N) is 1. The molecule has 134 valence electrons. The van der Waals surface area contributed by atoms with Crippen LogP contribution < -0.4 is 5.56 Å². The van der Waals surface area contributed by atoms with Crippen molar-refractivity contribution in [1.29, 1.82) is 0 Å². The first-order valence-corrected chi connectivity index (χ1v) is 9.10. The molecule has 2 aromatic heterocycles. The monoisotopic (exact) mass is 344 g/mol. The van der Waals surface area contributed by atoms with Crippen molar-refractivity contribution < 1.29 is 9.47 Å². The Morgan fingerprint density at radius 3 is 2.68 bits per heavy atom. The Labute approximate surface area is 146 Å². The fourth-order valence-electron chi connectivity index (χ4n) is 3.68. The van der Waals surface area contributed by atoms with Crippen molar-refractivity contribution in [2.45, 2.75) is 57.8 Å². The van der Waals surface area contributed by atoms with Crippen molar-refractivity contribution in [3.05, 3.63) is 34.1 Å². The minimum absolute atomic E-state index is 0.0275. The Morgan fingerprint density at radius 2 is 1.96 bits per heavy atom. The van der Waals surface area contributed by atoms with Gasteiger partial charge in [-0.15, -0.1) is 0 Å². The maximum absolute atomic E-state index is 12.9. The van der Waals surface area contributed by atoms with Crippen LogP contribution in [0.1, 0.15) is 62.1 Å². The van der Waals surface area contributed by atoms with E-state index in [1.807, 2.05) is 13.1 Å². The molecule has 2 saturated heterocycles. The van der Waals surface area contributed by atoms with Crippen LogP contribution in [-0.2, 0) is 9.47 Å². The van der Waals surface area contributed by atoms with Gasteiger partial charge < -0.3 is 9.47 Å². The second kappa shape index (κ2) is 7.09. The minimum Gasteiger partial charge on any atom is -0.372 e. The Balaban J connectivity index is 1.69. The quantitative estimate of drug-likeness (QED) is 0.926. The zero-order valence-electron chi connectivity index (χ0n) is 14.5. The van der Waals surface area contributed by atoms with Gasteiger partial charge in [-0.1, -0.05) is 0 Å². The van der Waals surface area contributed by atoms with Crippen molar-refractivity contribution >= 4 is 0 Å². The number of H-pyrrole nitrogens is 1. The van der Waals surface area contributed by atoms with E-state index in [0.29, 0.717) is 17.9 Å². The molecule has 2 unspecified atom stereocenters. The number of hydrogen-bond donors (Lipinski definition) is 1. The summed E-state index contributed by atoms with van der Waals surface area (Å²) in [4.78, 5) is 17.4. The molecule has 0 saturated carbocycles. The molecule has 1 N–H and O–H groups in total. The summed E-state index contributed by atoms with van der Waals surface area (Å²) in [7, 11) is 0. The normalized spacial score (nSPS) is 24.4. The summed E-state index contributed by atoms with van der Waals surface area (Å²) in [6, 6.07) is 0. The topological polar surface area (TPSA) is 82.0 Å². The summed E-state index contributed by atoms with van der Waals surface area (Å²) in [5.74, 6) is 0. The number of nitrogens with zero attached hydrogens (tertiary/aromatic N) is 3. The lowest BCUT2D eigenvalue weighted by molar-refractivity contribution is -0.0347. The van der Waals surface area contributed by atoms with Gasteiger partial charge in [0.1, 0.15) is 24.4 Å². The highest BCUT2D eigenvalue weighted by molar-refractivity contribution is 5.64. The molecule has 0 aliphatic carbocycles. The highest BCUT2D eigenvalue weighted by Gasteiger charge is 2.25. The molecule has 2 fully saturated rings. The Hall–Kier alpha value is -1.99. The molecular weight excluding hydrogens is 320 g/mol. The zero-order valence-corrected chi connectivity index (χ0v) is 14.5. The van der Waals surface area contributed by atoms with E-state index in [1.54, 1.807) is 10.9 Å². The third-order valence-corrected chi connectivity index (χ3v) is 5.10. The van der Waals surface area contributed by atoms with Gasteiger partial charge in [-0.3, -0.25) is 14.5 Å². The number of rotatable bonds is 3. The van der Waals surface area contributed by atoms with E-state index in [2.05, 4.69) is 15.2 Å². The summed E-state index contributed by atoms with van der Waals surface area (Å²) in [6.07, 6.45) is 9.33. The largest absolute Gasteiger partial charge is 0.372 e. The highest BCUT2D eigenvalue weighted by Crippen LogP contribution is 2.33. The summed E-state index contributed by atoms with van der Waals surface area (Å²) in [5, 5.41) is 7.29. The first-order chi connectivity index (χ1) is 12.3. The number of aromatic nitrogens is 4. The Morgan fingerprint density at radius 1 is 1.16 bits per heavy atom. The van der Waals surface area contributed by atoms with Crippen molar-refractivity contribution in [1.82, 2.24) is 19.7 Å². The SMILES string of the molecule is Cc1c(-c2c[nH]nc2C2CCCCO2)ncn(C2CCCCO2)c1=O. The van der Waals surface area contributed by atoms with Gasteiger partial charge in [-0.2, -0.15) is 5.10 Å². The molecule has 2 aromatic rings. The van der Waals surface area contributed by atoms with E-state index in [4.69, 9.17) is 9.47 Å². The van der Waals surface area contributed by atoms with E-state index in [9.17, 15) is 4.79 Å². The summed E-state index contributed by atoms with van der Waals surface area (Å²) >= 11 is 0. The van der Waals surface area contributed by atoms with Gasteiger partial charge in [0.25, 0.3) is 5.56 Å². The van der Waals surface area contributed by atoms with Crippen LogP contribution in [0.5, 0.6) is 0 Å². The van der Waals surface area contributed by atoms with Crippen molar-refractivity contribution in [2.75, 3.05) is 13.2 Å². The molecule has 7 nitrogen and oxygen atoms in total. The lowest BCUT2D eigenvalue weighted by Crippen LogP contribution is -2.30. The molecule has 4 heterocycles. The molecule has 2 atom stereocenters. The van der Waals surface area contributed by atoms with Crippen molar-refractivity contribution in [2.24, 2.45) is 0 Å². The molecular formula is C18H24N4O3. The Kier molecular flexibility index (Phi) is 4.67. The van der Waals surface area contributed by atoms with E-state index in [0.717, 1.165) is 56.4 Å². The molecule has 0 aromatic carbocycles. The first-order valence-electron chi connectivity index (χ1n) is 9.10. The smallest absolute Gasteiger partial charge is 0.258 e. The van der Waals surface area contributed by atoms with E-state index in [-0.39, 0.29) is 17.9 Å². The second-order valence-electron chi connectivity index (χ2n) is 6.79. The van der Waals surface area contributed by atoms with Crippen molar-refractivity contribution in [3.8, 4) is 11.3 Å². The lowest BCUT2D eigenvalue weighted by atomic mass is 10.0. The van der Waals surface area contributed by atoms with Crippen LogP contribution in [0.3, 0.4) is 0 Å². The van der Waals surface area contributed by atoms with E-state index >= 15 is 0 Å². The van der Waals surface area contributed by atoms with Crippen LogP contribution in [0, 0.1) is 6.92 Å². The van der Waals surface area contributed by atoms with Crippen LogP contribution in [0.2, 0.25) is 0 Å². The van der Waals surface area contributed by atoms with Crippen LogP contribution in [0.15, 0.2) is 17.3 Å². The standard InChI is InChI=1S/C18H24N4O3/c1-12-16(13-10-20-21-17(13)14-6-2-4-8-24-14)19-11-22(18(12)23)15-7-3-5-9-25-15/h10-11,14-15H,2-9H2,1H3,(H,20,21). The summed E-state index contributed by atoms with van der Waals surface area (Å²) in [5.41, 5.74) is 2.96. The van der Waals surface area contributed by atoms with Gasteiger partial charge >= 0.3 is 0 Å². The van der Waals surface area contributed by atoms with E-state index < -0.39 is 0 Å². The second-order valence-corrected chi connectivity index (χ2v) is 6.79. The van der Waals surface area contributed by atoms with Crippen molar-refractivity contribution in [3.63, 3.8) is 0 Å². The maximum Gasteiger partial charge on any atom is 0.258 e. The van der Waals surface area contributed by atoms with Gasteiger partial charge in [0, 0.05) is 30.5 Å². The molecule has 4 rings (SSSR count). The molecule has 0 spiro atoms. The molecule has 25 heavy (non-hydrogen) atoms. The Bertz CT molecular complexity index is 786. The minimum atomic E-state index is -0.202. The van der Waals surface area contributed by atoms with Crippen LogP contribution in [0.25, 0.3) is 11.3 Å². The third kappa shape index (κ3) is 3.14. The number of aromatic amines is 1. The van der Waals surface area contributed by atoms with Gasteiger partial charge in [-0.05, 0) is 45.4 Å². The highest BCUT2D eigenvalue weighted by atomic mass is 16.5. The number of ether oxygens (including phenoxy) is 2. The third-order valence-electron chi connectivity index (χ3n) is 5.10. The van der Waals surface area contributed by atoms with Gasteiger partial charge in [0.2, 0.25) is 0 Å². The maximum atomic E-state index is 12.9. The van der Waals surface area contributed by atoms with Gasteiger partial charge in [-0.25, -0.2) is 4.98 Å². The summed E-state index contributed by atoms with van der Waals surface area (Å²) < 4.78 is 13.2. The van der Waals surface area contributed by atoms with Crippen LogP contribution in [0.4, 0.5) is 0 Å². The number of hydrogen-bond acceptors (Lipinski definition) is 5. The zero-order chi connectivity index (χ0) is 17.2. The fraction of sp³-hybridized carbons (Fsp3) is 0.611. The first kappa shape index (κ1) is 16.5. The average Bonchev–Trinajstić information content (AvgIpc) is 3.15. The summed E-state index contributed by atoms with van der Waals surface area (Å²) in [6.45, 7) is 3.27. The molecule has 2 aliphatic rings. The van der Waals surface area contributed by atoms with Gasteiger partial charge in [0.05, 0.1) is 5.69 Å². The van der Waals surface area contributed by atoms with Crippen LogP contribution >= 0.6 is 0 Å². The van der Waals surface area contributed by atoms with Gasteiger partial charge in [0.15, 0.2) is 0 Å². The molecule has 0 amide bonds. The van der Waals surface area contributed by atoms with Crippen LogP contribution in [-0.4, -0.2) is 33.0 Å². The molecule has 0 radical (unpaired) electrons. The predicted molar refractivity (Wildman–Crippen MR) is 92.2 cm³/mol. The molecule has 7 heteroatoms. The molecule has 0 bridgehead atoms. The van der Waals surface area contributed by atoms with E-state index in [1.165, 1.54) is 0 Å². The average molecular weight is 344 g/mol. The lowest BCUT2D eigenvalue weighted by Gasteiger charge is -2.25.